The number of aliphatic hydroxyl groups is 1. The number of hydrogen-bond donors (Lipinski definition) is 1. The zero-order valence-corrected chi connectivity index (χ0v) is 16.0. The third-order valence-electron chi connectivity index (χ3n) is 5.04. The molecule has 3 aromatic rings. The van der Waals surface area contributed by atoms with E-state index in [2.05, 4.69) is 4.98 Å². The van der Waals surface area contributed by atoms with E-state index in [1.807, 2.05) is 35.9 Å². The lowest BCUT2D eigenvalue weighted by molar-refractivity contribution is 0.223. The lowest BCUT2D eigenvalue weighted by Gasteiger charge is -2.17. The summed E-state index contributed by atoms with van der Waals surface area (Å²) in [6, 6.07) is 9.20. The number of rotatable bonds is 4. The molecule has 1 saturated heterocycles. The third kappa shape index (κ3) is 2.95. The maximum absolute atomic E-state index is 13.3. The summed E-state index contributed by atoms with van der Waals surface area (Å²) in [5.74, 6) is -0.0734. The number of benzene rings is 1. The van der Waals surface area contributed by atoms with Crippen molar-refractivity contribution < 1.29 is 13.5 Å². The Hall–Kier alpha value is -1.80. The highest BCUT2D eigenvalue weighted by molar-refractivity contribution is 7.89. The number of aliphatic hydroxyl groups excluding tert-OH is 1. The predicted molar refractivity (Wildman–Crippen MR) is 103 cm³/mol. The molecule has 0 spiro atoms. The molecule has 0 bridgehead atoms. The summed E-state index contributed by atoms with van der Waals surface area (Å²) in [7, 11) is -3.68. The third-order valence-corrected chi connectivity index (χ3v) is 7.61. The van der Waals surface area contributed by atoms with Crippen LogP contribution in [0, 0.1) is 12.8 Å². The molecule has 3 heterocycles. The molecule has 1 aliphatic heterocycles. The molecule has 0 saturated carbocycles. The molecule has 1 aliphatic rings. The van der Waals surface area contributed by atoms with E-state index in [4.69, 9.17) is 0 Å². The van der Waals surface area contributed by atoms with Crippen molar-refractivity contribution in [1.82, 2.24) is 9.29 Å². The van der Waals surface area contributed by atoms with Gasteiger partial charge >= 0.3 is 0 Å². The summed E-state index contributed by atoms with van der Waals surface area (Å²) >= 11 is 1.59. The van der Waals surface area contributed by atoms with Crippen LogP contribution in [0.15, 0.2) is 52.2 Å². The van der Waals surface area contributed by atoms with Gasteiger partial charge < -0.3 is 5.11 Å². The Bertz CT molecular complexity index is 1030. The van der Waals surface area contributed by atoms with Crippen molar-refractivity contribution in [1.29, 1.82) is 0 Å². The Labute approximate surface area is 157 Å². The number of fused-ring (bicyclic) bond motifs is 1. The standard InChI is InChI=1S/C19H20N2O3S2/c1-13-7-14-3-2-4-18(19(14)20-8-13)26(23,24)21-9-16(11-22)17(10-21)15-5-6-25-12-15/h2-8,12,16-17,22H,9-11H2,1H3/t16-,17+/m0/s1. The molecule has 0 radical (unpaired) electrons. The molecule has 1 N–H and O–H groups in total. The van der Waals surface area contributed by atoms with Gasteiger partial charge in [-0.05, 0) is 47.0 Å². The van der Waals surface area contributed by atoms with Crippen LogP contribution in [0.1, 0.15) is 17.0 Å². The van der Waals surface area contributed by atoms with Crippen molar-refractivity contribution in [2.45, 2.75) is 17.7 Å². The average Bonchev–Trinajstić information content (AvgIpc) is 3.30. The van der Waals surface area contributed by atoms with Crippen LogP contribution in [0.5, 0.6) is 0 Å². The van der Waals surface area contributed by atoms with Crippen molar-refractivity contribution in [2.75, 3.05) is 19.7 Å². The van der Waals surface area contributed by atoms with Crippen LogP contribution in [0.3, 0.4) is 0 Å². The maximum atomic E-state index is 13.3. The van der Waals surface area contributed by atoms with E-state index in [0.717, 1.165) is 16.5 Å². The van der Waals surface area contributed by atoms with Gasteiger partial charge in [0.25, 0.3) is 0 Å². The second-order valence-electron chi connectivity index (χ2n) is 6.77. The Morgan fingerprint density at radius 3 is 2.88 bits per heavy atom. The van der Waals surface area contributed by atoms with E-state index in [1.54, 1.807) is 29.7 Å². The molecule has 5 nitrogen and oxygen atoms in total. The largest absolute Gasteiger partial charge is 0.396 e. The molecule has 0 amide bonds. The molecule has 4 rings (SSSR count). The second-order valence-corrected chi connectivity index (χ2v) is 9.45. The summed E-state index contributed by atoms with van der Waals surface area (Å²) in [5.41, 5.74) is 2.59. The monoisotopic (exact) mass is 388 g/mol. The SMILES string of the molecule is Cc1cnc2c(S(=O)(=O)N3C[C@@H](CO)[C@@H](c4ccsc4)C3)cccc2c1. The van der Waals surface area contributed by atoms with E-state index in [0.29, 0.717) is 18.6 Å². The zero-order valence-electron chi connectivity index (χ0n) is 14.4. The van der Waals surface area contributed by atoms with Gasteiger partial charge in [-0.3, -0.25) is 4.98 Å². The van der Waals surface area contributed by atoms with Crippen molar-refractivity contribution in [2.24, 2.45) is 5.92 Å². The van der Waals surface area contributed by atoms with Crippen LogP contribution in [-0.4, -0.2) is 42.5 Å². The molecule has 0 aliphatic carbocycles. The first-order valence-corrected chi connectivity index (χ1v) is 10.9. The summed E-state index contributed by atoms with van der Waals surface area (Å²) in [4.78, 5) is 4.61. The van der Waals surface area contributed by atoms with Crippen molar-refractivity contribution in [3.8, 4) is 0 Å². The quantitative estimate of drug-likeness (QED) is 0.746. The summed E-state index contributed by atoms with van der Waals surface area (Å²) < 4.78 is 28.1. The van der Waals surface area contributed by atoms with Gasteiger partial charge in [0.2, 0.25) is 10.0 Å². The number of aryl methyl sites for hydroxylation is 1. The predicted octanol–water partition coefficient (Wildman–Crippen LogP) is 3.00. The van der Waals surface area contributed by atoms with E-state index in [9.17, 15) is 13.5 Å². The molecule has 7 heteroatoms. The number of hydrogen-bond acceptors (Lipinski definition) is 5. The highest BCUT2D eigenvalue weighted by atomic mass is 32.2. The highest BCUT2D eigenvalue weighted by Crippen LogP contribution is 2.37. The topological polar surface area (TPSA) is 70.5 Å². The number of nitrogens with zero attached hydrogens (tertiary/aromatic N) is 2. The minimum Gasteiger partial charge on any atom is -0.396 e. The van der Waals surface area contributed by atoms with Gasteiger partial charge in [0.1, 0.15) is 4.90 Å². The number of sulfonamides is 1. The van der Waals surface area contributed by atoms with Crippen molar-refractivity contribution >= 4 is 32.3 Å². The van der Waals surface area contributed by atoms with Gasteiger partial charge in [0.15, 0.2) is 0 Å². The second kappa shape index (κ2) is 6.74. The normalized spacial score (nSPS) is 21.5. The minimum absolute atomic E-state index is 0.0196. The average molecular weight is 389 g/mol. The first-order valence-electron chi connectivity index (χ1n) is 8.49. The van der Waals surface area contributed by atoms with Gasteiger partial charge in [-0.25, -0.2) is 8.42 Å². The van der Waals surface area contributed by atoms with Gasteiger partial charge in [0, 0.05) is 43.1 Å². The molecule has 26 heavy (non-hydrogen) atoms. The zero-order chi connectivity index (χ0) is 18.3. The molecule has 1 fully saturated rings. The smallest absolute Gasteiger partial charge is 0.245 e. The minimum atomic E-state index is -3.68. The number of para-hydroxylation sites is 1. The Morgan fingerprint density at radius 2 is 2.15 bits per heavy atom. The Morgan fingerprint density at radius 1 is 1.31 bits per heavy atom. The maximum Gasteiger partial charge on any atom is 0.245 e. The fraction of sp³-hybridized carbons (Fsp3) is 0.316. The molecule has 136 valence electrons. The highest BCUT2D eigenvalue weighted by Gasteiger charge is 2.40. The number of pyridine rings is 1. The van der Waals surface area contributed by atoms with Crippen LogP contribution in [0.4, 0.5) is 0 Å². The number of thiophene rings is 1. The summed E-state index contributed by atoms with van der Waals surface area (Å²) in [6.45, 7) is 2.61. The van der Waals surface area contributed by atoms with Crippen LogP contribution in [-0.2, 0) is 10.0 Å². The fourth-order valence-corrected chi connectivity index (χ4v) is 6.08. The van der Waals surface area contributed by atoms with Gasteiger partial charge in [0.05, 0.1) is 5.52 Å². The molecule has 2 aromatic heterocycles. The molecule has 1 aromatic carbocycles. The van der Waals surface area contributed by atoms with Crippen LogP contribution in [0.25, 0.3) is 10.9 Å². The Balaban J connectivity index is 1.74. The molecular formula is C19H20N2O3S2. The summed E-state index contributed by atoms with van der Waals surface area (Å²) in [5, 5.41) is 14.6. The number of aromatic nitrogens is 1. The molecular weight excluding hydrogens is 368 g/mol. The van der Waals surface area contributed by atoms with Gasteiger partial charge in [-0.2, -0.15) is 15.6 Å². The van der Waals surface area contributed by atoms with E-state index >= 15 is 0 Å². The van der Waals surface area contributed by atoms with E-state index in [1.165, 1.54) is 4.31 Å². The van der Waals surface area contributed by atoms with Crippen molar-refractivity contribution in [3.05, 3.63) is 58.4 Å². The Kier molecular flexibility index (Phi) is 4.56. The molecule has 0 unspecified atom stereocenters. The van der Waals surface area contributed by atoms with Crippen LogP contribution in [0.2, 0.25) is 0 Å². The fourth-order valence-electron chi connectivity index (χ4n) is 3.67. The van der Waals surface area contributed by atoms with Crippen LogP contribution >= 0.6 is 11.3 Å². The summed E-state index contributed by atoms with van der Waals surface area (Å²) in [6.07, 6.45) is 1.69. The lowest BCUT2D eigenvalue weighted by atomic mass is 9.92. The van der Waals surface area contributed by atoms with Gasteiger partial charge in [-0.15, -0.1) is 0 Å². The van der Waals surface area contributed by atoms with Gasteiger partial charge in [-0.1, -0.05) is 12.1 Å². The first-order chi connectivity index (χ1) is 12.5. The lowest BCUT2D eigenvalue weighted by Crippen LogP contribution is -2.29. The van der Waals surface area contributed by atoms with Crippen molar-refractivity contribution in [3.63, 3.8) is 0 Å². The van der Waals surface area contributed by atoms with E-state index < -0.39 is 10.0 Å². The van der Waals surface area contributed by atoms with E-state index in [-0.39, 0.29) is 23.3 Å². The molecule has 2 atom stereocenters. The van der Waals surface area contributed by atoms with Crippen LogP contribution < -0.4 is 0 Å². The first kappa shape index (κ1) is 17.6.